The van der Waals surface area contributed by atoms with Crippen molar-refractivity contribution in [1.82, 2.24) is 31.0 Å². The van der Waals surface area contributed by atoms with Crippen LogP contribution in [-0.4, -0.2) is 77.3 Å². The third-order valence-electron chi connectivity index (χ3n) is 8.03. The maximum absolute atomic E-state index is 14.8. The Morgan fingerprint density at radius 3 is 2.58 bits per heavy atom. The van der Waals surface area contributed by atoms with Crippen LogP contribution in [-0.2, 0) is 11.2 Å². The largest absolute Gasteiger partial charge is 0.361 e. The summed E-state index contributed by atoms with van der Waals surface area (Å²) < 4.78 is 14.8. The molecule has 0 saturated carbocycles. The van der Waals surface area contributed by atoms with E-state index in [1.165, 1.54) is 6.07 Å². The predicted octanol–water partition coefficient (Wildman–Crippen LogP) is 1.82. The number of H-pyrrole nitrogens is 1. The number of nitrogens with zero attached hydrogens (tertiary/aromatic N) is 2. The number of halogens is 1. The average Bonchev–Trinajstić information content (AvgIpc) is 3.43. The van der Waals surface area contributed by atoms with Crippen molar-refractivity contribution in [1.29, 1.82) is 0 Å². The van der Waals surface area contributed by atoms with Crippen LogP contribution in [0.25, 0.3) is 10.9 Å². The minimum Gasteiger partial charge on any atom is -0.361 e. The Kier molecular flexibility index (Phi) is 6.59. The number of rotatable bonds is 4. The van der Waals surface area contributed by atoms with Crippen LogP contribution in [0.2, 0.25) is 0 Å². The van der Waals surface area contributed by atoms with Gasteiger partial charge in [0.15, 0.2) is 0 Å². The van der Waals surface area contributed by atoms with E-state index in [-0.39, 0.29) is 41.3 Å². The Morgan fingerprint density at radius 1 is 0.974 bits per heavy atom. The first-order valence-corrected chi connectivity index (χ1v) is 13.2. The zero-order chi connectivity index (χ0) is 26.2. The van der Waals surface area contributed by atoms with Crippen LogP contribution in [0.15, 0.2) is 48.7 Å². The van der Waals surface area contributed by atoms with Gasteiger partial charge in [0.1, 0.15) is 5.82 Å². The van der Waals surface area contributed by atoms with Crippen molar-refractivity contribution in [2.24, 2.45) is 5.92 Å². The number of piperidine rings is 1. The maximum Gasteiger partial charge on any atom is 0.256 e. The first-order chi connectivity index (χ1) is 18.5. The Bertz CT molecular complexity index is 1380. The highest BCUT2D eigenvalue weighted by molar-refractivity contribution is 5.98. The normalized spacial score (nSPS) is 23.7. The summed E-state index contributed by atoms with van der Waals surface area (Å²) >= 11 is 0. The van der Waals surface area contributed by atoms with E-state index < -0.39 is 5.82 Å². The summed E-state index contributed by atoms with van der Waals surface area (Å²) in [4.78, 5) is 45.0. The van der Waals surface area contributed by atoms with E-state index in [1.807, 2.05) is 30.5 Å². The summed E-state index contributed by atoms with van der Waals surface area (Å²) in [5.74, 6) is -1.11. The summed E-state index contributed by atoms with van der Waals surface area (Å²) in [5.41, 5.74) is 8.22. The lowest BCUT2D eigenvalue weighted by molar-refractivity contribution is -0.131. The highest BCUT2D eigenvalue weighted by Gasteiger charge is 2.40. The lowest BCUT2D eigenvalue weighted by Gasteiger charge is -2.41. The molecular formula is C28H31FN6O3. The topological polar surface area (TPSA) is 110 Å². The number of hydrogen-bond acceptors (Lipinski definition) is 5. The Hall–Kier alpha value is -3.76. The Morgan fingerprint density at radius 2 is 1.76 bits per heavy atom. The fourth-order valence-corrected chi connectivity index (χ4v) is 5.92. The molecule has 3 aliphatic rings. The van der Waals surface area contributed by atoms with E-state index >= 15 is 0 Å². The molecule has 3 amide bonds. The van der Waals surface area contributed by atoms with Gasteiger partial charge in [0, 0.05) is 55.5 Å². The highest BCUT2D eigenvalue weighted by atomic mass is 19.1. The van der Waals surface area contributed by atoms with Gasteiger partial charge >= 0.3 is 0 Å². The first-order valence-electron chi connectivity index (χ1n) is 13.2. The van der Waals surface area contributed by atoms with Gasteiger partial charge in [-0.05, 0) is 67.1 Å². The van der Waals surface area contributed by atoms with Crippen molar-refractivity contribution in [3.05, 3.63) is 71.2 Å². The van der Waals surface area contributed by atoms with Crippen LogP contribution in [0.5, 0.6) is 0 Å². The molecule has 0 spiro atoms. The number of aromatic nitrogens is 1. The molecule has 9 nitrogen and oxygen atoms in total. The first kappa shape index (κ1) is 24.6. The number of piperazine rings is 1. The smallest absolute Gasteiger partial charge is 0.256 e. The summed E-state index contributed by atoms with van der Waals surface area (Å²) in [5, 5.41) is 4.49. The Balaban J connectivity index is 1.11. The van der Waals surface area contributed by atoms with Gasteiger partial charge in [-0.25, -0.2) is 9.82 Å². The number of hydrogen-bond donors (Lipinski definition) is 4. The van der Waals surface area contributed by atoms with Gasteiger partial charge in [0.25, 0.3) is 11.8 Å². The lowest BCUT2D eigenvalue weighted by Crippen LogP contribution is -2.67. The fraction of sp³-hybridized carbons (Fsp3) is 0.393. The number of nitrogens with one attached hydrogen (secondary N) is 4. The zero-order valence-corrected chi connectivity index (χ0v) is 21.0. The molecule has 38 heavy (non-hydrogen) atoms. The monoisotopic (exact) mass is 518 g/mol. The van der Waals surface area contributed by atoms with Crippen LogP contribution in [0.4, 0.5) is 4.39 Å². The number of carbonyl (C=O) groups excluding carboxylic acids is 3. The summed E-state index contributed by atoms with van der Waals surface area (Å²) in [6.07, 6.45) is 4.17. The fourth-order valence-electron chi connectivity index (χ4n) is 5.92. The van der Waals surface area contributed by atoms with Crippen LogP contribution in [0.1, 0.15) is 39.1 Å². The maximum atomic E-state index is 14.8. The van der Waals surface area contributed by atoms with Gasteiger partial charge in [-0.2, -0.15) is 0 Å². The van der Waals surface area contributed by atoms with Crippen molar-refractivity contribution >= 4 is 28.6 Å². The van der Waals surface area contributed by atoms with Crippen LogP contribution < -0.4 is 16.2 Å². The summed E-state index contributed by atoms with van der Waals surface area (Å²) in [7, 11) is 0. The molecule has 0 bridgehead atoms. The molecule has 6 rings (SSSR count). The standard InChI is InChI=1S/C28H31FN6O3/c29-22-6-3-17(15-24-25-20(2-1-8-31-25)26(36)33-32-24)14-21(22)28(38)35-12-10-34(11-13-35)27(37)19-5-4-18-7-9-30-23(18)16-19/h3-7,9,14,16,20,24-25,30-32H,1-2,8,10-13,15H2,(H,33,36). The molecule has 3 aromatic rings. The second kappa shape index (κ2) is 10.2. The molecule has 0 radical (unpaired) electrons. The van der Waals surface area contributed by atoms with E-state index in [0.29, 0.717) is 38.2 Å². The number of carbonyl (C=O) groups is 3. The summed E-state index contributed by atoms with van der Waals surface area (Å²) in [6, 6.07) is 12.1. The van der Waals surface area contributed by atoms with Gasteiger partial charge in [-0.15, -0.1) is 0 Å². The van der Waals surface area contributed by atoms with E-state index in [9.17, 15) is 18.8 Å². The minimum atomic E-state index is -0.560. The van der Waals surface area contributed by atoms with Gasteiger partial charge < -0.3 is 20.1 Å². The number of hydrazine groups is 1. The van der Waals surface area contributed by atoms with Gasteiger partial charge in [-0.3, -0.25) is 19.8 Å². The average molecular weight is 519 g/mol. The Labute approximate surface area is 219 Å². The quantitative estimate of drug-likeness (QED) is 0.421. The third-order valence-corrected chi connectivity index (χ3v) is 8.03. The molecule has 1 aromatic heterocycles. The number of fused-ring (bicyclic) bond motifs is 2. The van der Waals surface area contributed by atoms with Crippen molar-refractivity contribution in [2.45, 2.75) is 31.3 Å². The summed E-state index contributed by atoms with van der Waals surface area (Å²) in [6.45, 7) is 2.30. The molecule has 4 N–H and O–H groups in total. The van der Waals surface area contributed by atoms with Gasteiger partial charge in [0.05, 0.1) is 11.5 Å². The molecule has 10 heteroatoms. The SMILES string of the molecule is O=C1NNC(Cc2ccc(F)c(C(=O)N3CCN(C(=O)c4ccc5cc[nH]c5c4)CC3)c2)C2NCCCC12. The molecular weight excluding hydrogens is 487 g/mol. The lowest BCUT2D eigenvalue weighted by atomic mass is 9.82. The third kappa shape index (κ3) is 4.65. The number of amides is 3. The highest BCUT2D eigenvalue weighted by Crippen LogP contribution is 2.25. The van der Waals surface area contributed by atoms with Crippen molar-refractivity contribution in [3.63, 3.8) is 0 Å². The van der Waals surface area contributed by atoms with Crippen molar-refractivity contribution < 1.29 is 18.8 Å². The molecule has 3 atom stereocenters. The molecule has 3 aliphatic heterocycles. The van der Waals surface area contributed by atoms with Crippen LogP contribution in [0.3, 0.4) is 0 Å². The molecule has 3 fully saturated rings. The number of aromatic amines is 1. The predicted molar refractivity (Wildman–Crippen MR) is 140 cm³/mol. The molecule has 0 aliphatic carbocycles. The van der Waals surface area contributed by atoms with Gasteiger partial charge in [0.2, 0.25) is 5.91 Å². The van der Waals surface area contributed by atoms with E-state index in [0.717, 1.165) is 35.9 Å². The second-order valence-electron chi connectivity index (χ2n) is 10.4. The molecule has 198 valence electrons. The van der Waals surface area contributed by atoms with Gasteiger partial charge in [-0.1, -0.05) is 12.1 Å². The van der Waals surface area contributed by atoms with Crippen molar-refractivity contribution in [3.8, 4) is 0 Å². The zero-order valence-electron chi connectivity index (χ0n) is 21.0. The van der Waals surface area contributed by atoms with Crippen LogP contribution >= 0.6 is 0 Å². The van der Waals surface area contributed by atoms with Crippen molar-refractivity contribution in [2.75, 3.05) is 32.7 Å². The van der Waals surface area contributed by atoms with Crippen LogP contribution in [0, 0.1) is 11.7 Å². The molecule has 4 heterocycles. The molecule has 3 unspecified atom stereocenters. The van der Waals surface area contributed by atoms with E-state index in [1.54, 1.807) is 21.9 Å². The number of benzene rings is 2. The second-order valence-corrected chi connectivity index (χ2v) is 10.4. The minimum absolute atomic E-state index is 0.00380. The molecule has 2 aromatic carbocycles. The van der Waals surface area contributed by atoms with E-state index in [4.69, 9.17) is 0 Å². The molecule has 3 saturated heterocycles. The van der Waals surface area contributed by atoms with E-state index in [2.05, 4.69) is 21.2 Å².